The van der Waals surface area contributed by atoms with Crippen LogP contribution in [0.3, 0.4) is 0 Å². The van der Waals surface area contributed by atoms with Crippen molar-refractivity contribution in [2.24, 2.45) is 0 Å². The number of allylic oxidation sites excluding steroid dienone is 1. The number of esters is 2. The number of Topliss-reactive ketones (excluding diaryl/α,β-unsaturated/α-hetero) is 1. The van der Waals surface area contributed by atoms with E-state index in [4.69, 9.17) is 18.6 Å². The summed E-state index contributed by atoms with van der Waals surface area (Å²) < 4.78 is 21.9. The zero-order valence-electron chi connectivity index (χ0n) is 19.5. The van der Waals surface area contributed by atoms with Crippen LogP contribution in [0, 0.1) is 0 Å². The minimum atomic E-state index is -0.724. The van der Waals surface area contributed by atoms with E-state index in [1.165, 1.54) is 25.5 Å². The predicted molar refractivity (Wildman–Crippen MR) is 132 cm³/mol. The van der Waals surface area contributed by atoms with Crippen molar-refractivity contribution in [3.05, 3.63) is 111 Å². The van der Waals surface area contributed by atoms with Gasteiger partial charge >= 0.3 is 11.9 Å². The molecule has 0 radical (unpaired) electrons. The number of fused-ring (bicyclic) bond motifs is 4. The highest BCUT2D eigenvalue weighted by Gasteiger charge is 2.39. The van der Waals surface area contributed by atoms with Gasteiger partial charge in [-0.3, -0.25) is 14.4 Å². The molecule has 2 aliphatic rings. The highest BCUT2D eigenvalue weighted by Crippen LogP contribution is 2.48. The van der Waals surface area contributed by atoms with Crippen molar-refractivity contribution >= 4 is 34.8 Å². The molecule has 8 nitrogen and oxygen atoms in total. The van der Waals surface area contributed by atoms with Crippen LogP contribution in [0.25, 0.3) is 17.0 Å². The molecular formula is C29H18O8. The van der Waals surface area contributed by atoms with Gasteiger partial charge in [-0.2, -0.15) is 0 Å². The maximum Gasteiger partial charge on any atom is 0.337 e. The minimum absolute atomic E-state index is 0.0652. The van der Waals surface area contributed by atoms with Gasteiger partial charge in [0, 0.05) is 17.0 Å². The molecule has 3 aromatic carbocycles. The van der Waals surface area contributed by atoms with Crippen molar-refractivity contribution < 1.29 is 33.0 Å². The number of ether oxygens (including phenoxy) is 3. The number of hydrogen-bond acceptors (Lipinski definition) is 8. The first-order chi connectivity index (χ1) is 17.9. The molecule has 0 bridgehead atoms. The van der Waals surface area contributed by atoms with E-state index >= 15 is 0 Å². The van der Waals surface area contributed by atoms with Crippen molar-refractivity contribution in [3.63, 3.8) is 0 Å². The number of carbonyl (C=O) groups excluding carboxylic acids is 3. The van der Waals surface area contributed by atoms with Crippen molar-refractivity contribution in [2.45, 2.75) is 12.3 Å². The Morgan fingerprint density at radius 1 is 0.973 bits per heavy atom. The molecule has 0 spiro atoms. The Morgan fingerprint density at radius 2 is 1.76 bits per heavy atom. The molecule has 1 aromatic heterocycles. The molecule has 0 fully saturated rings. The summed E-state index contributed by atoms with van der Waals surface area (Å²) in [6.07, 6.45) is 2.80. The van der Waals surface area contributed by atoms with E-state index in [9.17, 15) is 19.2 Å². The fourth-order valence-corrected chi connectivity index (χ4v) is 4.69. The van der Waals surface area contributed by atoms with Crippen LogP contribution in [-0.4, -0.2) is 24.8 Å². The number of para-hydroxylation sites is 1. The second-order valence-corrected chi connectivity index (χ2v) is 8.65. The molecule has 0 amide bonds. The number of hydrogen-bond donors (Lipinski definition) is 0. The van der Waals surface area contributed by atoms with Crippen LogP contribution < -0.4 is 14.9 Å². The van der Waals surface area contributed by atoms with Gasteiger partial charge in [-0.05, 0) is 48.0 Å². The summed E-state index contributed by atoms with van der Waals surface area (Å²) >= 11 is 0. The van der Waals surface area contributed by atoms with Crippen molar-refractivity contribution in [3.8, 4) is 11.5 Å². The maximum atomic E-state index is 13.3. The second kappa shape index (κ2) is 8.60. The molecule has 8 heteroatoms. The summed E-state index contributed by atoms with van der Waals surface area (Å²) in [6, 6.07) is 16.4. The average molecular weight is 494 g/mol. The highest BCUT2D eigenvalue weighted by molar-refractivity contribution is 6.15. The molecular weight excluding hydrogens is 476 g/mol. The Balaban J connectivity index is 1.43. The van der Waals surface area contributed by atoms with Crippen molar-refractivity contribution in [2.75, 3.05) is 7.11 Å². The normalized spacial score (nSPS) is 17.2. The molecule has 37 heavy (non-hydrogen) atoms. The van der Waals surface area contributed by atoms with Crippen molar-refractivity contribution in [1.29, 1.82) is 0 Å². The van der Waals surface area contributed by atoms with Gasteiger partial charge in [0.05, 0.1) is 36.3 Å². The monoisotopic (exact) mass is 494 g/mol. The standard InChI is InChI=1S/C29H18O8/c1-34-29(33)16-8-6-15(7-9-16)12-23-27(32)18-10-11-22-25(28(18)37-23)19(13-24(30)36-22)20-14-35-21-5-3-2-4-17(21)26(20)31/h2-12,14,19H,13H2,1H3/b23-12-. The van der Waals surface area contributed by atoms with Gasteiger partial charge in [0.1, 0.15) is 17.1 Å². The fraction of sp³-hybridized carbons (Fsp3) is 0.103. The van der Waals surface area contributed by atoms with Gasteiger partial charge in [0.25, 0.3) is 0 Å². The van der Waals surface area contributed by atoms with Crippen LogP contribution >= 0.6 is 0 Å². The van der Waals surface area contributed by atoms with E-state index in [-0.39, 0.29) is 40.5 Å². The number of methoxy groups -OCH3 is 1. The molecule has 6 rings (SSSR count). The molecule has 0 saturated carbocycles. The molecule has 1 unspecified atom stereocenters. The van der Waals surface area contributed by atoms with Crippen LogP contribution in [0.5, 0.6) is 11.5 Å². The first-order valence-electron chi connectivity index (χ1n) is 11.4. The van der Waals surface area contributed by atoms with Gasteiger partial charge in [-0.15, -0.1) is 0 Å². The van der Waals surface area contributed by atoms with Crippen LogP contribution in [0.2, 0.25) is 0 Å². The lowest BCUT2D eigenvalue weighted by Gasteiger charge is -2.25. The smallest absolute Gasteiger partial charge is 0.337 e. The number of rotatable bonds is 3. The van der Waals surface area contributed by atoms with Crippen LogP contribution in [-0.2, 0) is 9.53 Å². The predicted octanol–water partition coefficient (Wildman–Crippen LogP) is 4.64. The quantitative estimate of drug-likeness (QED) is 0.230. The molecule has 2 aliphatic heterocycles. The lowest BCUT2D eigenvalue weighted by atomic mass is 9.85. The fourth-order valence-electron chi connectivity index (χ4n) is 4.69. The summed E-state index contributed by atoms with van der Waals surface area (Å²) in [5, 5.41) is 0.390. The Hall–Kier alpha value is -4.98. The average Bonchev–Trinajstić information content (AvgIpc) is 3.23. The SMILES string of the molecule is COC(=O)c1ccc(/C=C2\Oc3c(ccc4c3C(c3coc5ccccc5c3=O)CC(=O)O4)C2=O)cc1. The van der Waals surface area contributed by atoms with E-state index in [1.807, 2.05) is 0 Å². The Bertz CT molecular complexity index is 1710. The van der Waals surface area contributed by atoms with E-state index in [1.54, 1.807) is 54.6 Å². The highest BCUT2D eigenvalue weighted by atomic mass is 16.5. The molecule has 3 heterocycles. The van der Waals surface area contributed by atoms with Gasteiger partial charge < -0.3 is 18.6 Å². The summed E-state index contributed by atoms with van der Waals surface area (Å²) in [6.45, 7) is 0. The molecule has 4 aromatic rings. The van der Waals surface area contributed by atoms with Crippen LogP contribution in [0.1, 0.15) is 49.7 Å². The number of carbonyl (C=O) groups is 3. The van der Waals surface area contributed by atoms with Gasteiger partial charge in [-0.1, -0.05) is 24.3 Å². The number of ketones is 1. The third-order valence-corrected chi connectivity index (χ3v) is 6.49. The Morgan fingerprint density at radius 3 is 2.54 bits per heavy atom. The summed E-state index contributed by atoms with van der Waals surface area (Å²) in [4.78, 5) is 50.7. The maximum absolute atomic E-state index is 13.3. The molecule has 0 N–H and O–H groups in total. The van der Waals surface area contributed by atoms with Crippen LogP contribution in [0.4, 0.5) is 0 Å². The van der Waals surface area contributed by atoms with E-state index in [0.717, 1.165) is 0 Å². The topological polar surface area (TPSA) is 109 Å². The molecule has 1 atom stereocenters. The summed E-state index contributed by atoms with van der Waals surface area (Å²) in [5.41, 5.74) is 2.19. The summed E-state index contributed by atoms with van der Waals surface area (Å²) in [7, 11) is 1.30. The van der Waals surface area contributed by atoms with E-state index < -0.39 is 17.9 Å². The number of benzene rings is 3. The zero-order chi connectivity index (χ0) is 25.7. The largest absolute Gasteiger partial charge is 0.465 e. The van der Waals surface area contributed by atoms with Gasteiger partial charge in [0.2, 0.25) is 5.78 Å². The molecule has 0 saturated heterocycles. The molecule has 0 aliphatic carbocycles. The second-order valence-electron chi connectivity index (χ2n) is 8.65. The van der Waals surface area contributed by atoms with Gasteiger partial charge in [-0.25, -0.2) is 4.79 Å². The van der Waals surface area contributed by atoms with E-state index in [2.05, 4.69) is 0 Å². The zero-order valence-corrected chi connectivity index (χ0v) is 19.5. The molecule has 182 valence electrons. The van der Waals surface area contributed by atoms with Crippen LogP contribution in [0.15, 0.2) is 81.9 Å². The van der Waals surface area contributed by atoms with E-state index in [0.29, 0.717) is 33.2 Å². The third kappa shape index (κ3) is 3.70. The summed E-state index contributed by atoms with van der Waals surface area (Å²) in [5.74, 6) is -1.51. The first-order valence-corrected chi connectivity index (χ1v) is 11.4. The third-order valence-electron chi connectivity index (χ3n) is 6.49. The first kappa shape index (κ1) is 22.5. The lowest BCUT2D eigenvalue weighted by Crippen LogP contribution is -2.25. The minimum Gasteiger partial charge on any atom is -0.465 e. The Labute approximate surface area is 209 Å². The van der Waals surface area contributed by atoms with Crippen molar-refractivity contribution in [1.82, 2.24) is 0 Å². The Kier molecular flexibility index (Phi) is 5.22. The lowest BCUT2D eigenvalue weighted by molar-refractivity contribution is -0.135. The van der Waals surface area contributed by atoms with Gasteiger partial charge in [0.15, 0.2) is 11.2 Å².